The molecule has 4 N–H and O–H groups in total. The van der Waals surface area contributed by atoms with Gasteiger partial charge >= 0.3 is 6.03 Å². The van der Waals surface area contributed by atoms with Gasteiger partial charge in [-0.3, -0.25) is 20.0 Å². The quantitative estimate of drug-likeness (QED) is 0.355. The van der Waals surface area contributed by atoms with Gasteiger partial charge in [0.15, 0.2) is 0 Å². The summed E-state index contributed by atoms with van der Waals surface area (Å²) in [4.78, 5) is 28.2. The van der Waals surface area contributed by atoms with Crippen molar-refractivity contribution in [1.82, 2.24) is 25.3 Å². The zero-order valence-corrected chi connectivity index (χ0v) is 18.2. The van der Waals surface area contributed by atoms with Gasteiger partial charge in [0.2, 0.25) is 16.0 Å². The molecule has 4 rings (SSSR count). The molecule has 32 heavy (non-hydrogen) atoms. The van der Waals surface area contributed by atoms with Crippen molar-refractivity contribution in [2.24, 2.45) is 0 Å². The first-order valence-electron chi connectivity index (χ1n) is 9.75. The number of amides is 2. The van der Waals surface area contributed by atoms with Crippen molar-refractivity contribution in [2.45, 2.75) is 6.92 Å². The predicted molar refractivity (Wildman–Crippen MR) is 124 cm³/mol. The Bertz CT molecular complexity index is 1390. The Morgan fingerprint density at radius 1 is 1.12 bits per heavy atom. The van der Waals surface area contributed by atoms with Crippen molar-refractivity contribution in [1.29, 1.82) is 0 Å². The third-order valence-corrected chi connectivity index (χ3v) is 5.10. The molecule has 0 radical (unpaired) electrons. The zero-order chi connectivity index (χ0) is 22.7. The number of benzene rings is 1. The van der Waals surface area contributed by atoms with E-state index in [1.807, 2.05) is 31.2 Å². The van der Waals surface area contributed by atoms with Crippen LogP contribution in [0.25, 0.3) is 33.4 Å². The van der Waals surface area contributed by atoms with Gasteiger partial charge in [-0.05, 0) is 42.8 Å². The first-order valence-corrected chi connectivity index (χ1v) is 11.6. The molecule has 0 saturated heterocycles. The van der Waals surface area contributed by atoms with Crippen LogP contribution in [0.2, 0.25) is 0 Å². The Labute approximate surface area is 184 Å². The fraction of sp³-hybridized carbons (Fsp3) is 0.143. The molecule has 0 aliphatic carbocycles. The molecule has 0 spiro atoms. The van der Waals surface area contributed by atoms with Gasteiger partial charge in [-0.2, -0.15) is 0 Å². The Morgan fingerprint density at radius 2 is 1.97 bits per heavy atom. The summed E-state index contributed by atoms with van der Waals surface area (Å²) in [7, 11) is -3.45. The van der Waals surface area contributed by atoms with Crippen LogP contribution in [0, 0.1) is 0 Å². The Kier molecular flexibility index (Phi) is 5.73. The number of H-pyrrole nitrogens is 1. The average molecular weight is 452 g/mol. The van der Waals surface area contributed by atoms with Gasteiger partial charge in [-0.25, -0.2) is 18.2 Å². The molecule has 0 atom stereocenters. The highest BCUT2D eigenvalue weighted by Crippen LogP contribution is 2.33. The number of hydrogen-bond acceptors (Lipinski definition) is 6. The minimum absolute atomic E-state index is 0.279. The van der Waals surface area contributed by atoms with Crippen LogP contribution in [0.1, 0.15) is 6.92 Å². The number of sulfonamides is 1. The summed E-state index contributed by atoms with van der Waals surface area (Å²) in [6.07, 6.45) is 6.03. The Morgan fingerprint density at radius 3 is 2.69 bits per heavy atom. The minimum Gasteiger partial charge on any atom is -0.338 e. The van der Waals surface area contributed by atoms with E-state index in [0.717, 1.165) is 17.4 Å². The molecule has 4 aromatic rings. The van der Waals surface area contributed by atoms with Crippen molar-refractivity contribution in [3.05, 3.63) is 55.0 Å². The summed E-state index contributed by atoms with van der Waals surface area (Å²) in [5.74, 6) is 0.279. The number of nitrogens with one attached hydrogen (secondary N) is 4. The number of aromatic amines is 1. The summed E-state index contributed by atoms with van der Waals surface area (Å²) in [5, 5.41) is 5.33. The lowest BCUT2D eigenvalue weighted by Crippen LogP contribution is -2.28. The van der Waals surface area contributed by atoms with E-state index in [4.69, 9.17) is 0 Å². The molecule has 10 nitrogen and oxygen atoms in total. The number of hydrogen-bond donors (Lipinski definition) is 4. The van der Waals surface area contributed by atoms with Crippen LogP contribution in [-0.2, 0) is 10.0 Å². The number of pyridine rings is 2. The highest BCUT2D eigenvalue weighted by Gasteiger charge is 2.15. The molecule has 3 heterocycles. The molecule has 3 aromatic heterocycles. The number of carbonyl (C=O) groups excluding carboxylic acids is 1. The van der Waals surface area contributed by atoms with E-state index in [1.54, 1.807) is 24.5 Å². The number of fused-ring (bicyclic) bond motifs is 1. The molecule has 0 fully saturated rings. The van der Waals surface area contributed by atoms with E-state index < -0.39 is 10.0 Å². The van der Waals surface area contributed by atoms with Gasteiger partial charge in [0.05, 0.1) is 28.7 Å². The Hall–Kier alpha value is -3.99. The molecule has 0 unspecified atom stereocenters. The normalized spacial score (nSPS) is 11.3. The number of carbonyl (C=O) groups is 1. The zero-order valence-electron chi connectivity index (χ0n) is 17.4. The third kappa shape index (κ3) is 4.83. The number of urea groups is 1. The van der Waals surface area contributed by atoms with Crippen LogP contribution in [0.15, 0.2) is 55.0 Å². The maximum Gasteiger partial charge on any atom is 0.321 e. The summed E-state index contributed by atoms with van der Waals surface area (Å²) in [5.41, 5.74) is 4.56. The summed E-state index contributed by atoms with van der Waals surface area (Å²) < 4.78 is 25.8. The maximum absolute atomic E-state index is 11.9. The van der Waals surface area contributed by atoms with Gasteiger partial charge in [0.25, 0.3) is 0 Å². The van der Waals surface area contributed by atoms with Gasteiger partial charge < -0.3 is 10.3 Å². The molecule has 11 heteroatoms. The second kappa shape index (κ2) is 8.63. The van der Waals surface area contributed by atoms with Crippen LogP contribution in [0.4, 0.5) is 16.4 Å². The summed E-state index contributed by atoms with van der Waals surface area (Å²) in [6, 6.07) is 10.4. The second-order valence-electron chi connectivity index (χ2n) is 7.04. The standard InChI is InChI=1S/C21H21N7O3S/c1-3-23-21(29)27-20-25-18-10-14(13-5-4-7-22-12-13)9-16(19(18)26-20)17-11-15(6-8-24-17)28-32(2,30)31/h4-12H,3H2,1-2H3,(H,24,28)(H3,23,25,26,27,29). The molecular formula is C21H21N7O3S. The fourth-order valence-electron chi connectivity index (χ4n) is 3.24. The largest absolute Gasteiger partial charge is 0.338 e. The van der Waals surface area contributed by atoms with E-state index in [-0.39, 0.29) is 12.0 Å². The molecule has 0 saturated carbocycles. The third-order valence-electron chi connectivity index (χ3n) is 4.49. The average Bonchev–Trinajstić information content (AvgIpc) is 3.15. The number of aromatic nitrogens is 4. The number of nitrogens with zero attached hydrogens (tertiary/aromatic N) is 3. The molecule has 0 bridgehead atoms. The maximum atomic E-state index is 11.9. The highest BCUT2D eigenvalue weighted by molar-refractivity contribution is 7.92. The molecule has 1 aromatic carbocycles. The monoisotopic (exact) mass is 451 g/mol. The topological polar surface area (TPSA) is 142 Å². The lowest BCUT2D eigenvalue weighted by atomic mass is 10.0. The van der Waals surface area contributed by atoms with Crippen molar-refractivity contribution in [3.8, 4) is 22.4 Å². The van der Waals surface area contributed by atoms with Crippen molar-refractivity contribution < 1.29 is 13.2 Å². The lowest BCUT2D eigenvalue weighted by Gasteiger charge is -2.09. The SMILES string of the molecule is CCNC(=O)Nc1nc2c(-c3cc(NS(C)(=O)=O)ccn3)cc(-c3cccnc3)cc2[nH]1. The number of imidazole rings is 1. The second-order valence-corrected chi connectivity index (χ2v) is 8.78. The van der Waals surface area contributed by atoms with Crippen LogP contribution in [0.5, 0.6) is 0 Å². The molecular weight excluding hydrogens is 430 g/mol. The van der Waals surface area contributed by atoms with Gasteiger partial charge in [0.1, 0.15) is 0 Å². The van der Waals surface area contributed by atoms with E-state index >= 15 is 0 Å². The molecule has 164 valence electrons. The summed E-state index contributed by atoms with van der Waals surface area (Å²) >= 11 is 0. The van der Waals surface area contributed by atoms with Crippen molar-refractivity contribution in [3.63, 3.8) is 0 Å². The fourth-order valence-corrected chi connectivity index (χ4v) is 3.79. The lowest BCUT2D eigenvalue weighted by molar-refractivity contribution is 0.252. The van der Waals surface area contributed by atoms with Crippen LogP contribution in [0.3, 0.4) is 0 Å². The minimum atomic E-state index is -3.45. The molecule has 0 aliphatic heterocycles. The summed E-state index contributed by atoms with van der Waals surface area (Å²) in [6.45, 7) is 2.30. The molecule has 0 aliphatic rings. The van der Waals surface area contributed by atoms with E-state index in [1.165, 1.54) is 6.20 Å². The van der Waals surface area contributed by atoms with Gasteiger partial charge in [-0.15, -0.1) is 0 Å². The molecule has 2 amide bonds. The van der Waals surface area contributed by atoms with Gasteiger partial charge in [0, 0.05) is 36.3 Å². The van der Waals surface area contributed by atoms with E-state index in [0.29, 0.717) is 34.5 Å². The number of anilines is 2. The van der Waals surface area contributed by atoms with E-state index in [9.17, 15) is 13.2 Å². The van der Waals surface area contributed by atoms with Crippen LogP contribution < -0.4 is 15.4 Å². The number of rotatable bonds is 6. The smallest absolute Gasteiger partial charge is 0.321 e. The van der Waals surface area contributed by atoms with Crippen molar-refractivity contribution in [2.75, 3.05) is 22.8 Å². The Balaban J connectivity index is 1.86. The first kappa shape index (κ1) is 21.2. The van der Waals surface area contributed by atoms with Crippen LogP contribution in [-0.4, -0.2) is 47.2 Å². The van der Waals surface area contributed by atoms with E-state index in [2.05, 4.69) is 35.3 Å². The predicted octanol–water partition coefficient (Wildman–Crippen LogP) is 3.20. The van der Waals surface area contributed by atoms with Crippen LogP contribution >= 0.6 is 0 Å². The van der Waals surface area contributed by atoms with Crippen molar-refractivity contribution >= 4 is 38.7 Å². The van der Waals surface area contributed by atoms with Gasteiger partial charge in [-0.1, -0.05) is 6.07 Å². The highest BCUT2D eigenvalue weighted by atomic mass is 32.2. The first-order chi connectivity index (χ1) is 15.3.